The average Bonchev–Trinajstić information content (AvgIpc) is 3.25. The van der Waals surface area contributed by atoms with E-state index in [9.17, 15) is 0 Å². The third kappa shape index (κ3) is 3.48. The lowest BCUT2D eigenvalue weighted by Gasteiger charge is -2.04. The van der Waals surface area contributed by atoms with Gasteiger partial charge in [0.15, 0.2) is 0 Å². The maximum Gasteiger partial charge on any atom is 0.247 e. The lowest BCUT2D eigenvalue weighted by molar-refractivity contribution is 0.568. The van der Waals surface area contributed by atoms with Crippen LogP contribution in [0.4, 0.5) is 0 Å². The first-order valence-corrected chi connectivity index (χ1v) is 9.19. The first kappa shape index (κ1) is 16.8. The summed E-state index contributed by atoms with van der Waals surface area (Å²) in [5.74, 6) is 0.536. The van der Waals surface area contributed by atoms with Gasteiger partial charge in [-0.05, 0) is 37.6 Å². The van der Waals surface area contributed by atoms with Gasteiger partial charge in [0.05, 0.1) is 6.54 Å². The number of oxazole rings is 1. The molecule has 2 heterocycles. The summed E-state index contributed by atoms with van der Waals surface area (Å²) in [6.45, 7) is 4.86. The third-order valence-electron chi connectivity index (χ3n) is 4.30. The quantitative estimate of drug-likeness (QED) is 0.440. The second-order valence-electron chi connectivity index (χ2n) is 6.36. The van der Waals surface area contributed by atoms with E-state index in [4.69, 9.17) is 4.42 Å². The molecule has 2 aromatic heterocycles. The van der Waals surface area contributed by atoms with Crippen molar-refractivity contribution >= 4 is 15.9 Å². The van der Waals surface area contributed by atoms with Gasteiger partial charge in [-0.25, -0.2) is 4.98 Å². The molecule has 0 spiro atoms. The Hall–Kier alpha value is -2.66. The molecular formula is C21H18BrN3O. The van der Waals surface area contributed by atoms with Crippen molar-refractivity contribution in [1.29, 1.82) is 0 Å². The van der Waals surface area contributed by atoms with Gasteiger partial charge in [-0.3, -0.25) is 4.68 Å². The highest BCUT2D eigenvalue weighted by molar-refractivity contribution is 9.10. The van der Waals surface area contributed by atoms with Gasteiger partial charge in [-0.2, -0.15) is 5.10 Å². The van der Waals surface area contributed by atoms with Crippen LogP contribution in [0, 0.1) is 13.8 Å². The molecule has 0 saturated heterocycles. The van der Waals surface area contributed by atoms with Crippen molar-refractivity contribution in [3.8, 4) is 22.8 Å². The Balaban J connectivity index is 1.59. The van der Waals surface area contributed by atoms with Crippen LogP contribution in [-0.2, 0) is 6.54 Å². The van der Waals surface area contributed by atoms with Crippen LogP contribution in [0.15, 0.2) is 69.8 Å². The summed E-state index contributed by atoms with van der Waals surface area (Å²) in [5, 5.41) is 4.67. The standard InChI is InChI=1S/C21H18BrN3O/c1-14-3-5-16(6-4-14)12-25-15(2)11-19(24-25)21-23-20(13-26-21)17-7-9-18(22)10-8-17/h3-11,13H,12H2,1-2H3. The Morgan fingerprint density at radius 1 is 0.962 bits per heavy atom. The molecule has 0 fully saturated rings. The highest BCUT2D eigenvalue weighted by Crippen LogP contribution is 2.25. The smallest absolute Gasteiger partial charge is 0.247 e. The molecule has 0 atom stereocenters. The Morgan fingerprint density at radius 2 is 1.69 bits per heavy atom. The number of halogens is 1. The van der Waals surface area contributed by atoms with Crippen molar-refractivity contribution in [3.05, 3.63) is 82.2 Å². The van der Waals surface area contributed by atoms with Crippen LogP contribution in [0.3, 0.4) is 0 Å². The molecule has 0 saturated carbocycles. The minimum absolute atomic E-state index is 0.536. The minimum atomic E-state index is 0.536. The van der Waals surface area contributed by atoms with E-state index < -0.39 is 0 Å². The molecule has 26 heavy (non-hydrogen) atoms. The molecule has 0 aliphatic heterocycles. The topological polar surface area (TPSA) is 43.9 Å². The van der Waals surface area contributed by atoms with Gasteiger partial charge in [0, 0.05) is 15.7 Å². The normalized spacial score (nSPS) is 11.0. The monoisotopic (exact) mass is 407 g/mol. The zero-order valence-corrected chi connectivity index (χ0v) is 16.2. The van der Waals surface area contributed by atoms with Crippen molar-refractivity contribution in [2.45, 2.75) is 20.4 Å². The van der Waals surface area contributed by atoms with Crippen LogP contribution in [-0.4, -0.2) is 14.8 Å². The first-order valence-electron chi connectivity index (χ1n) is 8.40. The minimum Gasteiger partial charge on any atom is -0.443 e. The van der Waals surface area contributed by atoms with E-state index in [2.05, 4.69) is 57.2 Å². The summed E-state index contributed by atoms with van der Waals surface area (Å²) in [7, 11) is 0. The van der Waals surface area contributed by atoms with E-state index in [1.165, 1.54) is 11.1 Å². The van der Waals surface area contributed by atoms with Crippen LogP contribution in [0.2, 0.25) is 0 Å². The maximum absolute atomic E-state index is 5.67. The van der Waals surface area contributed by atoms with Gasteiger partial charge >= 0.3 is 0 Å². The molecule has 0 N–H and O–H groups in total. The van der Waals surface area contributed by atoms with Crippen LogP contribution in [0.5, 0.6) is 0 Å². The summed E-state index contributed by atoms with van der Waals surface area (Å²) in [6.07, 6.45) is 1.67. The number of aryl methyl sites for hydroxylation is 2. The Kier molecular flexibility index (Phi) is 4.47. The van der Waals surface area contributed by atoms with Gasteiger partial charge in [0.2, 0.25) is 5.89 Å². The summed E-state index contributed by atoms with van der Waals surface area (Å²) in [6, 6.07) is 18.5. The molecule has 0 radical (unpaired) electrons. The SMILES string of the molecule is Cc1ccc(Cn2nc(-c3nc(-c4ccc(Br)cc4)co3)cc2C)cc1. The van der Waals surface area contributed by atoms with Crippen molar-refractivity contribution in [2.75, 3.05) is 0 Å². The van der Waals surface area contributed by atoms with Gasteiger partial charge in [0.25, 0.3) is 0 Å². The second kappa shape index (κ2) is 6.92. The molecule has 0 aliphatic carbocycles. The summed E-state index contributed by atoms with van der Waals surface area (Å²) in [4.78, 5) is 4.60. The van der Waals surface area contributed by atoms with E-state index in [1.807, 2.05) is 41.9 Å². The number of benzene rings is 2. The number of hydrogen-bond donors (Lipinski definition) is 0. The molecule has 0 aliphatic rings. The third-order valence-corrected chi connectivity index (χ3v) is 4.83. The van der Waals surface area contributed by atoms with Crippen LogP contribution >= 0.6 is 15.9 Å². The second-order valence-corrected chi connectivity index (χ2v) is 7.27. The maximum atomic E-state index is 5.67. The lowest BCUT2D eigenvalue weighted by Crippen LogP contribution is -2.03. The average molecular weight is 408 g/mol. The van der Waals surface area contributed by atoms with E-state index in [-0.39, 0.29) is 0 Å². The molecule has 4 rings (SSSR count). The van der Waals surface area contributed by atoms with E-state index >= 15 is 0 Å². The van der Waals surface area contributed by atoms with Crippen LogP contribution in [0.1, 0.15) is 16.8 Å². The lowest BCUT2D eigenvalue weighted by atomic mass is 10.1. The van der Waals surface area contributed by atoms with Gasteiger partial charge < -0.3 is 4.42 Å². The molecule has 5 heteroatoms. The zero-order valence-electron chi connectivity index (χ0n) is 14.6. The summed E-state index contributed by atoms with van der Waals surface area (Å²) < 4.78 is 8.68. The number of aromatic nitrogens is 3. The fourth-order valence-electron chi connectivity index (χ4n) is 2.79. The fourth-order valence-corrected chi connectivity index (χ4v) is 3.05. The molecule has 0 bridgehead atoms. The summed E-state index contributed by atoms with van der Waals surface area (Å²) in [5.41, 5.74) is 6.11. The Morgan fingerprint density at radius 3 is 2.42 bits per heavy atom. The predicted octanol–water partition coefficient (Wildman–Crippen LogP) is 5.63. The highest BCUT2D eigenvalue weighted by atomic mass is 79.9. The molecule has 130 valence electrons. The molecule has 0 amide bonds. The molecule has 4 aromatic rings. The van der Waals surface area contributed by atoms with Crippen LogP contribution in [0.25, 0.3) is 22.8 Å². The van der Waals surface area contributed by atoms with E-state index in [0.29, 0.717) is 5.89 Å². The zero-order chi connectivity index (χ0) is 18.1. The first-order chi connectivity index (χ1) is 12.6. The molecular weight excluding hydrogens is 390 g/mol. The van der Waals surface area contributed by atoms with Gasteiger partial charge in [-0.1, -0.05) is 57.9 Å². The van der Waals surface area contributed by atoms with E-state index in [1.54, 1.807) is 6.26 Å². The molecule has 2 aromatic carbocycles. The fraction of sp³-hybridized carbons (Fsp3) is 0.143. The largest absolute Gasteiger partial charge is 0.443 e. The predicted molar refractivity (Wildman–Crippen MR) is 106 cm³/mol. The Bertz CT molecular complexity index is 1030. The highest BCUT2D eigenvalue weighted by Gasteiger charge is 2.13. The van der Waals surface area contributed by atoms with Crippen molar-refractivity contribution < 1.29 is 4.42 Å². The molecule has 0 unspecified atom stereocenters. The van der Waals surface area contributed by atoms with Gasteiger partial charge in [0.1, 0.15) is 17.7 Å². The Labute approximate surface area is 160 Å². The number of rotatable bonds is 4. The van der Waals surface area contributed by atoms with Crippen molar-refractivity contribution in [3.63, 3.8) is 0 Å². The van der Waals surface area contributed by atoms with Crippen LogP contribution < -0.4 is 0 Å². The van der Waals surface area contributed by atoms with Gasteiger partial charge in [-0.15, -0.1) is 0 Å². The summed E-state index contributed by atoms with van der Waals surface area (Å²) >= 11 is 3.45. The number of hydrogen-bond acceptors (Lipinski definition) is 3. The van der Waals surface area contributed by atoms with Crippen molar-refractivity contribution in [1.82, 2.24) is 14.8 Å². The van der Waals surface area contributed by atoms with E-state index in [0.717, 1.165) is 33.7 Å². The molecule has 4 nitrogen and oxygen atoms in total. The number of nitrogens with zero attached hydrogens (tertiary/aromatic N) is 3. The van der Waals surface area contributed by atoms with Crippen molar-refractivity contribution in [2.24, 2.45) is 0 Å².